The summed E-state index contributed by atoms with van der Waals surface area (Å²) in [5.74, 6) is 1.26. The number of morpholine rings is 1. The van der Waals surface area contributed by atoms with E-state index in [1.165, 1.54) is 7.11 Å². The van der Waals surface area contributed by atoms with E-state index in [2.05, 4.69) is 20.3 Å². The van der Waals surface area contributed by atoms with Gasteiger partial charge < -0.3 is 28.8 Å². The fourth-order valence-electron chi connectivity index (χ4n) is 3.02. The maximum Gasteiger partial charge on any atom is 0.321 e. The summed E-state index contributed by atoms with van der Waals surface area (Å²) in [5.41, 5.74) is 0.525. The van der Waals surface area contributed by atoms with Crippen LogP contribution in [0.15, 0.2) is 28.7 Å². The van der Waals surface area contributed by atoms with Crippen molar-refractivity contribution in [2.45, 2.75) is 6.54 Å². The third-order valence-corrected chi connectivity index (χ3v) is 4.48. The van der Waals surface area contributed by atoms with Crippen molar-refractivity contribution in [2.75, 3.05) is 45.4 Å². The molecule has 0 atom stereocenters. The molecule has 1 aromatic carbocycles. The monoisotopic (exact) mass is 399 g/mol. The SMILES string of the molecule is COc1nc(CNC(=O)c2cc3cccc(OC)c3o2)nc(N2CCOCC2)n1. The van der Waals surface area contributed by atoms with E-state index in [0.717, 1.165) is 5.39 Å². The van der Waals surface area contributed by atoms with Crippen molar-refractivity contribution < 1.29 is 23.4 Å². The number of benzene rings is 1. The third kappa shape index (κ3) is 4.06. The lowest BCUT2D eigenvalue weighted by Crippen LogP contribution is -2.37. The summed E-state index contributed by atoms with van der Waals surface area (Å²) in [5, 5.41) is 3.55. The normalized spacial score (nSPS) is 14.1. The fourth-order valence-corrected chi connectivity index (χ4v) is 3.02. The molecule has 152 valence electrons. The number of para-hydroxylation sites is 1. The first-order chi connectivity index (χ1) is 14.2. The molecule has 0 aliphatic carbocycles. The molecule has 1 fully saturated rings. The Labute approximate surface area is 166 Å². The van der Waals surface area contributed by atoms with Crippen LogP contribution in [0.1, 0.15) is 16.4 Å². The maximum absolute atomic E-state index is 12.6. The van der Waals surface area contributed by atoms with Gasteiger partial charge in [-0.1, -0.05) is 12.1 Å². The summed E-state index contributed by atoms with van der Waals surface area (Å²) in [7, 11) is 3.04. The van der Waals surface area contributed by atoms with Gasteiger partial charge in [0.15, 0.2) is 22.9 Å². The first-order valence-corrected chi connectivity index (χ1v) is 9.14. The molecule has 4 rings (SSSR count). The Hall–Kier alpha value is -3.40. The predicted molar refractivity (Wildman–Crippen MR) is 103 cm³/mol. The fraction of sp³-hybridized carbons (Fsp3) is 0.368. The zero-order valence-corrected chi connectivity index (χ0v) is 16.2. The van der Waals surface area contributed by atoms with Crippen LogP contribution in [0.25, 0.3) is 11.0 Å². The minimum absolute atomic E-state index is 0.100. The van der Waals surface area contributed by atoms with Crippen LogP contribution in [0.2, 0.25) is 0 Å². The highest BCUT2D eigenvalue weighted by Gasteiger charge is 2.18. The van der Waals surface area contributed by atoms with Gasteiger partial charge in [0, 0.05) is 18.5 Å². The number of nitrogens with one attached hydrogen (secondary N) is 1. The number of carbonyl (C=O) groups excluding carboxylic acids is 1. The van der Waals surface area contributed by atoms with Crippen LogP contribution in [-0.4, -0.2) is 61.4 Å². The Balaban J connectivity index is 1.50. The minimum Gasteiger partial charge on any atom is -0.493 e. The van der Waals surface area contributed by atoms with E-state index >= 15 is 0 Å². The highest BCUT2D eigenvalue weighted by atomic mass is 16.5. The molecule has 10 nitrogen and oxygen atoms in total. The molecule has 1 N–H and O–H groups in total. The number of rotatable bonds is 6. The molecule has 2 aromatic heterocycles. The van der Waals surface area contributed by atoms with Crippen LogP contribution in [0, 0.1) is 0 Å². The summed E-state index contributed by atoms with van der Waals surface area (Å²) < 4.78 is 21.5. The molecule has 1 aliphatic rings. The second-order valence-electron chi connectivity index (χ2n) is 6.31. The smallest absolute Gasteiger partial charge is 0.321 e. The van der Waals surface area contributed by atoms with Crippen LogP contribution >= 0.6 is 0 Å². The van der Waals surface area contributed by atoms with Crippen molar-refractivity contribution in [3.63, 3.8) is 0 Å². The number of furan rings is 1. The molecular weight excluding hydrogens is 378 g/mol. The number of methoxy groups -OCH3 is 2. The van der Waals surface area contributed by atoms with Gasteiger partial charge in [0.25, 0.3) is 5.91 Å². The number of anilines is 1. The number of fused-ring (bicyclic) bond motifs is 1. The van der Waals surface area contributed by atoms with Gasteiger partial charge in [-0.25, -0.2) is 0 Å². The molecule has 3 heterocycles. The number of nitrogens with zero attached hydrogens (tertiary/aromatic N) is 4. The standard InChI is InChI=1S/C19H21N5O5/c1-26-13-5-3-4-12-10-14(29-16(12)13)17(25)20-11-15-21-18(23-19(22-15)27-2)24-6-8-28-9-7-24/h3-5,10H,6-9,11H2,1-2H3,(H,20,25). The number of hydrogen-bond acceptors (Lipinski definition) is 9. The van der Waals surface area contributed by atoms with Crippen molar-refractivity contribution >= 4 is 22.8 Å². The Morgan fingerprint density at radius 3 is 2.76 bits per heavy atom. The van der Waals surface area contributed by atoms with Gasteiger partial charge in [0.2, 0.25) is 5.95 Å². The van der Waals surface area contributed by atoms with Crippen molar-refractivity contribution in [3.8, 4) is 11.8 Å². The van der Waals surface area contributed by atoms with Gasteiger partial charge >= 0.3 is 6.01 Å². The van der Waals surface area contributed by atoms with Crippen molar-refractivity contribution in [1.82, 2.24) is 20.3 Å². The van der Waals surface area contributed by atoms with Gasteiger partial charge in [-0.3, -0.25) is 4.79 Å². The van der Waals surface area contributed by atoms with Crippen LogP contribution in [0.4, 0.5) is 5.95 Å². The van der Waals surface area contributed by atoms with Crippen LogP contribution < -0.4 is 19.7 Å². The number of carbonyl (C=O) groups is 1. The molecule has 3 aromatic rings. The van der Waals surface area contributed by atoms with Gasteiger partial charge in [0.1, 0.15) is 0 Å². The lowest BCUT2D eigenvalue weighted by atomic mass is 10.2. The zero-order valence-electron chi connectivity index (χ0n) is 16.2. The van der Waals surface area contributed by atoms with E-state index in [0.29, 0.717) is 49.4 Å². The van der Waals surface area contributed by atoms with Gasteiger partial charge in [-0.05, 0) is 12.1 Å². The minimum atomic E-state index is -0.379. The third-order valence-electron chi connectivity index (χ3n) is 4.48. The maximum atomic E-state index is 12.6. The molecule has 0 spiro atoms. The average molecular weight is 399 g/mol. The molecule has 1 saturated heterocycles. The second kappa shape index (κ2) is 8.31. The molecule has 0 bridgehead atoms. The van der Waals surface area contributed by atoms with Crippen molar-refractivity contribution in [3.05, 3.63) is 35.9 Å². The Morgan fingerprint density at radius 1 is 1.17 bits per heavy atom. The highest BCUT2D eigenvalue weighted by molar-refractivity contribution is 5.97. The second-order valence-corrected chi connectivity index (χ2v) is 6.31. The predicted octanol–water partition coefficient (Wildman–Crippen LogP) is 1.40. The Kier molecular flexibility index (Phi) is 5.43. The molecule has 0 saturated carbocycles. The van der Waals surface area contributed by atoms with E-state index in [1.807, 2.05) is 17.0 Å². The Bertz CT molecular complexity index is 1020. The summed E-state index contributed by atoms with van der Waals surface area (Å²) in [6, 6.07) is 7.32. The molecule has 10 heteroatoms. The molecule has 0 unspecified atom stereocenters. The molecule has 29 heavy (non-hydrogen) atoms. The number of amides is 1. The molecular formula is C19H21N5O5. The van der Waals surface area contributed by atoms with E-state index < -0.39 is 0 Å². The van der Waals surface area contributed by atoms with Gasteiger partial charge in [0.05, 0.1) is 34.0 Å². The first kappa shape index (κ1) is 18.9. The summed E-state index contributed by atoms with van der Waals surface area (Å²) in [4.78, 5) is 27.5. The van der Waals surface area contributed by atoms with Crippen LogP contribution in [0.3, 0.4) is 0 Å². The van der Waals surface area contributed by atoms with Gasteiger partial charge in [-0.15, -0.1) is 0 Å². The largest absolute Gasteiger partial charge is 0.493 e. The zero-order chi connectivity index (χ0) is 20.2. The number of aromatic nitrogens is 3. The van der Waals surface area contributed by atoms with Crippen LogP contribution in [-0.2, 0) is 11.3 Å². The molecule has 1 aliphatic heterocycles. The topological polar surface area (TPSA) is 112 Å². The van der Waals surface area contributed by atoms with E-state index in [9.17, 15) is 4.79 Å². The lowest BCUT2D eigenvalue weighted by molar-refractivity contribution is 0.0924. The van der Waals surface area contributed by atoms with E-state index in [-0.39, 0.29) is 24.2 Å². The van der Waals surface area contributed by atoms with Crippen molar-refractivity contribution in [1.29, 1.82) is 0 Å². The quantitative estimate of drug-likeness (QED) is 0.657. The highest BCUT2D eigenvalue weighted by Crippen LogP contribution is 2.28. The average Bonchev–Trinajstić information content (AvgIpc) is 3.22. The summed E-state index contributed by atoms with van der Waals surface area (Å²) in [6.45, 7) is 2.67. The first-order valence-electron chi connectivity index (χ1n) is 9.14. The van der Waals surface area contributed by atoms with Crippen molar-refractivity contribution in [2.24, 2.45) is 0 Å². The molecule has 1 amide bonds. The van der Waals surface area contributed by atoms with E-state index in [4.69, 9.17) is 18.6 Å². The lowest BCUT2D eigenvalue weighted by Gasteiger charge is -2.26. The molecule has 0 radical (unpaired) electrons. The van der Waals surface area contributed by atoms with Crippen LogP contribution in [0.5, 0.6) is 11.8 Å². The van der Waals surface area contributed by atoms with Gasteiger partial charge in [-0.2, -0.15) is 15.0 Å². The van der Waals surface area contributed by atoms with E-state index in [1.54, 1.807) is 19.2 Å². The Morgan fingerprint density at radius 2 is 2.00 bits per heavy atom. The number of ether oxygens (including phenoxy) is 3. The summed E-state index contributed by atoms with van der Waals surface area (Å²) >= 11 is 0. The number of hydrogen-bond donors (Lipinski definition) is 1. The summed E-state index contributed by atoms with van der Waals surface area (Å²) in [6.07, 6.45) is 0.